The molecule has 1 aliphatic heterocycles. The number of halogens is 1. The summed E-state index contributed by atoms with van der Waals surface area (Å²) >= 11 is 6.62. The number of aliphatic hydroxyl groups is 2. The molecule has 0 bridgehead atoms. The average molecular weight is 571 g/mol. The first-order chi connectivity index (χ1) is 18.9. The number of likely N-dealkylation sites (N-methyl/N-ethyl adjacent to an activating group) is 1. The van der Waals surface area contributed by atoms with Gasteiger partial charge >= 0.3 is 0 Å². The van der Waals surface area contributed by atoms with Crippen LogP contribution in [0.25, 0.3) is 17.0 Å². The normalized spacial score (nSPS) is 17.6. The number of anilines is 1. The van der Waals surface area contributed by atoms with E-state index < -0.39 is 6.10 Å². The van der Waals surface area contributed by atoms with E-state index in [2.05, 4.69) is 10.2 Å². The van der Waals surface area contributed by atoms with Gasteiger partial charge in [0.05, 0.1) is 16.3 Å². The standard InChI is InChI=1S/C29H39ClN6O4/c1-16-25(24(17(2)31)18(3)37)33-26(22-9-21(7-8-23(22)30)40-13-20(38)12-32-4)34-27(16)36-14-29(15-36)10-19(11-29)28(39)35(5)6/h7-9,19-20,31-32,37-38H,10-15H2,1-6H3/b24-18+,31-17?/t20-/m1/s1. The molecule has 1 aromatic carbocycles. The molecule has 2 fully saturated rings. The Kier molecular flexibility index (Phi) is 8.72. The first-order valence-electron chi connectivity index (χ1n) is 13.4. The monoisotopic (exact) mass is 570 g/mol. The third-order valence-electron chi connectivity index (χ3n) is 7.66. The summed E-state index contributed by atoms with van der Waals surface area (Å²) in [4.78, 5) is 25.9. The third kappa shape index (κ3) is 5.94. The molecule has 2 heterocycles. The fraction of sp³-hybridized carbons (Fsp3) is 0.517. The highest BCUT2D eigenvalue weighted by Gasteiger charge is 2.55. The first-order valence-corrected chi connectivity index (χ1v) is 13.8. The average Bonchev–Trinajstić information content (AvgIpc) is 2.83. The lowest BCUT2D eigenvalue weighted by Gasteiger charge is -2.59. The fourth-order valence-corrected chi connectivity index (χ4v) is 5.95. The zero-order valence-corrected chi connectivity index (χ0v) is 24.8. The smallest absolute Gasteiger partial charge is 0.225 e. The zero-order valence-electron chi connectivity index (χ0n) is 24.0. The summed E-state index contributed by atoms with van der Waals surface area (Å²) in [5.41, 5.74) is 2.39. The van der Waals surface area contributed by atoms with Crippen molar-refractivity contribution in [3.63, 3.8) is 0 Å². The molecule has 1 aliphatic carbocycles. The number of nitrogens with one attached hydrogen (secondary N) is 2. The van der Waals surface area contributed by atoms with Crippen LogP contribution in [0.4, 0.5) is 5.82 Å². The van der Waals surface area contributed by atoms with Crippen molar-refractivity contribution in [1.82, 2.24) is 20.2 Å². The van der Waals surface area contributed by atoms with Crippen LogP contribution >= 0.6 is 11.6 Å². The number of hydrogen-bond donors (Lipinski definition) is 4. The Morgan fingerprint density at radius 3 is 2.55 bits per heavy atom. The van der Waals surface area contributed by atoms with Crippen LogP contribution in [0.3, 0.4) is 0 Å². The van der Waals surface area contributed by atoms with Crippen molar-refractivity contribution < 1.29 is 19.7 Å². The number of rotatable bonds is 10. The van der Waals surface area contributed by atoms with Gasteiger partial charge in [-0.1, -0.05) is 11.6 Å². The van der Waals surface area contributed by atoms with E-state index in [1.54, 1.807) is 58.1 Å². The van der Waals surface area contributed by atoms with Crippen LogP contribution in [0.1, 0.15) is 37.9 Å². The Morgan fingerprint density at radius 2 is 1.98 bits per heavy atom. The van der Waals surface area contributed by atoms with Gasteiger partial charge in [0, 0.05) is 61.9 Å². The van der Waals surface area contributed by atoms with Crippen LogP contribution in [0.15, 0.2) is 24.0 Å². The minimum absolute atomic E-state index is 0.00276. The highest BCUT2D eigenvalue weighted by atomic mass is 35.5. The van der Waals surface area contributed by atoms with E-state index >= 15 is 0 Å². The molecular formula is C29H39ClN6O4. The van der Waals surface area contributed by atoms with Crippen molar-refractivity contribution in [2.24, 2.45) is 11.3 Å². The molecule has 4 N–H and O–H groups in total. The number of carbonyl (C=O) groups excluding carboxylic acids is 1. The second kappa shape index (κ2) is 11.7. The molecule has 1 aromatic heterocycles. The largest absolute Gasteiger partial charge is 0.512 e. The van der Waals surface area contributed by atoms with Crippen LogP contribution in [0.5, 0.6) is 5.75 Å². The molecule has 1 spiro atoms. The van der Waals surface area contributed by atoms with Gasteiger partial charge in [0.2, 0.25) is 5.91 Å². The molecular weight excluding hydrogens is 532 g/mol. The molecule has 1 saturated carbocycles. The highest BCUT2D eigenvalue weighted by Crippen LogP contribution is 2.53. The molecule has 1 amide bonds. The molecule has 1 saturated heterocycles. The van der Waals surface area contributed by atoms with Crippen molar-refractivity contribution in [2.45, 2.75) is 39.7 Å². The molecule has 216 valence electrons. The van der Waals surface area contributed by atoms with Crippen molar-refractivity contribution in [1.29, 1.82) is 5.41 Å². The molecule has 11 heteroatoms. The van der Waals surface area contributed by atoms with Crippen LogP contribution in [-0.2, 0) is 4.79 Å². The molecule has 2 aliphatic rings. The van der Waals surface area contributed by atoms with E-state index in [-0.39, 0.29) is 35.3 Å². The molecule has 10 nitrogen and oxygen atoms in total. The maximum atomic E-state index is 12.4. The van der Waals surface area contributed by atoms with Gasteiger partial charge in [-0.05, 0) is 58.9 Å². The number of ether oxygens (including phenoxy) is 1. The van der Waals surface area contributed by atoms with Crippen molar-refractivity contribution in [3.8, 4) is 17.1 Å². The number of aliphatic hydroxyl groups excluding tert-OH is 2. The second-order valence-electron chi connectivity index (χ2n) is 11.3. The Morgan fingerprint density at radius 1 is 1.30 bits per heavy atom. The molecule has 0 radical (unpaired) electrons. The van der Waals surface area contributed by atoms with Crippen LogP contribution in [0, 0.1) is 23.7 Å². The van der Waals surface area contributed by atoms with Crippen molar-refractivity contribution in [3.05, 3.63) is 40.2 Å². The maximum Gasteiger partial charge on any atom is 0.225 e. The van der Waals surface area contributed by atoms with E-state index in [9.17, 15) is 15.0 Å². The Labute approximate surface area is 240 Å². The van der Waals surface area contributed by atoms with Crippen molar-refractivity contribution in [2.75, 3.05) is 52.3 Å². The maximum absolute atomic E-state index is 12.4. The van der Waals surface area contributed by atoms with E-state index in [4.69, 9.17) is 31.7 Å². The molecule has 40 heavy (non-hydrogen) atoms. The Bertz CT molecular complexity index is 1330. The summed E-state index contributed by atoms with van der Waals surface area (Å²) in [5, 5.41) is 32.2. The minimum Gasteiger partial charge on any atom is -0.512 e. The fourth-order valence-electron chi connectivity index (χ4n) is 5.75. The van der Waals surface area contributed by atoms with Crippen molar-refractivity contribution >= 4 is 34.6 Å². The molecule has 2 aromatic rings. The summed E-state index contributed by atoms with van der Waals surface area (Å²) in [6.45, 7) is 7.08. The lowest BCUT2D eigenvalue weighted by molar-refractivity contribution is -0.142. The molecule has 4 rings (SSSR count). The number of amides is 1. The topological polar surface area (TPSA) is 135 Å². The van der Waals surface area contributed by atoms with Gasteiger partial charge < -0.3 is 35.5 Å². The molecule has 1 atom stereocenters. The SMILES string of the molecule is CNC[C@@H](O)COc1ccc(Cl)c(-c2nc(/C(C(C)=N)=C(\C)O)c(C)c(N3CC4(CC(C(=O)N(C)C)C4)C3)n2)c1. The predicted molar refractivity (Wildman–Crippen MR) is 157 cm³/mol. The number of benzene rings is 1. The lowest BCUT2D eigenvalue weighted by atomic mass is 9.57. The third-order valence-corrected chi connectivity index (χ3v) is 7.99. The minimum atomic E-state index is -0.674. The number of allylic oxidation sites excluding steroid dienone is 2. The summed E-state index contributed by atoms with van der Waals surface area (Å²) in [5.74, 6) is 1.80. The van der Waals surface area contributed by atoms with Crippen LogP contribution in [0.2, 0.25) is 5.02 Å². The lowest BCUT2D eigenvalue weighted by Crippen LogP contribution is -2.64. The Hall–Kier alpha value is -3.21. The van der Waals surface area contributed by atoms with Crippen LogP contribution in [-0.4, -0.2) is 90.2 Å². The van der Waals surface area contributed by atoms with E-state index in [1.807, 2.05) is 6.92 Å². The summed E-state index contributed by atoms with van der Waals surface area (Å²) < 4.78 is 5.79. The van der Waals surface area contributed by atoms with E-state index in [1.165, 1.54) is 0 Å². The van der Waals surface area contributed by atoms with E-state index in [0.717, 1.165) is 31.5 Å². The number of aromatic nitrogens is 2. The zero-order chi connectivity index (χ0) is 29.4. The number of carbonyl (C=O) groups is 1. The number of nitrogens with zero attached hydrogens (tertiary/aromatic N) is 4. The van der Waals surface area contributed by atoms with Gasteiger partial charge in [0.1, 0.15) is 30.0 Å². The second-order valence-corrected chi connectivity index (χ2v) is 11.7. The Balaban J connectivity index is 1.69. The highest BCUT2D eigenvalue weighted by molar-refractivity contribution is 6.33. The van der Waals surface area contributed by atoms with Gasteiger partial charge in [-0.15, -0.1) is 0 Å². The van der Waals surface area contributed by atoms with Gasteiger partial charge in [0.25, 0.3) is 0 Å². The number of hydrogen-bond acceptors (Lipinski definition) is 9. The van der Waals surface area contributed by atoms with E-state index in [0.29, 0.717) is 45.8 Å². The summed E-state index contributed by atoms with van der Waals surface area (Å²) in [6, 6.07) is 5.16. The summed E-state index contributed by atoms with van der Waals surface area (Å²) in [6.07, 6.45) is 1.04. The van der Waals surface area contributed by atoms with Gasteiger partial charge in [-0.25, -0.2) is 9.97 Å². The van der Waals surface area contributed by atoms with Gasteiger partial charge in [-0.3, -0.25) is 4.79 Å². The quantitative estimate of drug-likeness (QED) is 0.251. The van der Waals surface area contributed by atoms with Gasteiger partial charge in [-0.2, -0.15) is 0 Å². The summed E-state index contributed by atoms with van der Waals surface area (Å²) in [7, 11) is 5.35. The van der Waals surface area contributed by atoms with Crippen LogP contribution < -0.4 is 15.0 Å². The first kappa shape index (κ1) is 29.8. The van der Waals surface area contributed by atoms with Gasteiger partial charge in [0.15, 0.2) is 5.82 Å². The predicted octanol–water partition coefficient (Wildman–Crippen LogP) is 3.70. The molecule has 0 unspecified atom stereocenters.